The van der Waals surface area contributed by atoms with Crippen molar-refractivity contribution in [2.75, 3.05) is 99.5 Å². The minimum absolute atomic E-state index is 0.0249. The van der Waals surface area contributed by atoms with Crippen LogP contribution in [0.5, 0.6) is 5.88 Å². The van der Waals surface area contributed by atoms with Crippen LogP contribution in [-0.2, 0) is 39.7 Å². The van der Waals surface area contributed by atoms with Crippen molar-refractivity contribution in [3.05, 3.63) is 16.3 Å². The first kappa shape index (κ1) is 35.7. The Balaban J connectivity index is 1.77. The van der Waals surface area contributed by atoms with Gasteiger partial charge in [-0.25, -0.2) is 4.79 Å². The summed E-state index contributed by atoms with van der Waals surface area (Å²) >= 11 is 0. The summed E-state index contributed by atoms with van der Waals surface area (Å²) in [5.41, 5.74) is -0.180. The Morgan fingerprint density at radius 1 is 0.850 bits per heavy atom. The fraction of sp³-hybridized carbons (Fsp3) is 0.833. The molecule has 40 heavy (non-hydrogen) atoms. The molecule has 1 heterocycles. The number of hydrogen-bond acceptors (Lipinski definition) is 12. The van der Waals surface area contributed by atoms with E-state index in [1.807, 2.05) is 0 Å². The smallest absolute Gasteiger partial charge is 0.407 e. The zero-order valence-electron chi connectivity index (χ0n) is 24.2. The topological polar surface area (TPSA) is 164 Å². The minimum atomic E-state index is -1.20. The maximum Gasteiger partial charge on any atom is 0.407 e. The standard InChI is InChI=1S/C24H46N4O11Si/c1-32-23-22(28(30)31)21-27(26-23)6-8-34-10-12-36-14-16-38-18-17-37-15-13-35-11-9-33-7-5-25-24(29)39-19-20-40(2,3)4/h21H,5-20H2,1-4H3,(H,25,29). The highest BCUT2D eigenvalue weighted by molar-refractivity contribution is 6.76. The van der Waals surface area contributed by atoms with Crippen molar-refractivity contribution in [2.45, 2.75) is 32.2 Å². The van der Waals surface area contributed by atoms with E-state index in [0.717, 1.165) is 6.04 Å². The number of carbonyl (C=O) groups excluding carboxylic acids is 1. The normalized spacial score (nSPS) is 11.5. The van der Waals surface area contributed by atoms with Crippen molar-refractivity contribution in [2.24, 2.45) is 0 Å². The van der Waals surface area contributed by atoms with Crippen LogP contribution in [0.2, 0.25) is 25.7 Å². The molecular formula is C24H46N4O11Si. The van der Waals surface area contributed by atoms with Gasteiger partial charge >= 0.3 is 17.7 Å². The molecule has 0 saturated carbocycles. The molecular weight excluding hydrogens is 548 g/mol. The number of aromatic nitrogens is 2. The fourth-order valence-corrected chi connectivity index (χ4v) is 3.58. The van der Waals surface area contributed by atoms with E-state index in [1.165, 1.54) is 18.0 Å². The molecule has 0 fully saturated rings. The van der Waals surface area contributed by atoms with E-state index >= 15 is 0 Å². The number of nitrogens with zero attached hydrogens (tertiary/aromatic N) is 3. The summed E-state index contributed by atoms with van der Waals surface area (Å²) in [4.78, 5) is 21.9. The SMILES string of the molecule is COc1nn(CCOCCOCCOCCOCCOCCOCCNC(=O)OCC[Si](C)(C)C)cc1[N+](=O)[O-]. The summed E-state index contributed by atoms with van der Waals surface area (Å²) in [6, 6.07) is 0.949. The van der Waals surface area contributed by atoms with Gasteiger partial charge in [0.1, 0.15) is 6.20 Å². The average Bonchev–Trinajstić information content (AvgIpc) is 3.32. The highest BCUT2D eigenvalue weighted by Crippen LogP contribution is 2.23. The molecule has 0 aliphatic carbocycles. The van der Waals surface area contributed by atoms with E-state index < -0.39 is 19.1 Å². The van der Waals surface area contributed by atoms with E-state index in [-0.39, 0.29) is 11.6 Å². The van der Waals surface area contributed by atoms with Gasteiger partial charge in [-0.1, -0.05) is 19.6 Å². The molecule has 0 aliphatic rings. The van der Waals surface area contributed by atoms with E-state index in [9.17, 15) is 14.9 Å². The predicted molar refractivity (Wildman–Crippen MR) is 148 cm³/mol. The number of alkyl carbamates (subject to hydrolysis) is 1. The van der Waals surface area contributed by atoms with Crippen LogP contribution in [0.25, 0.3) is 0 Å². The zero-order valence-corrected chi connectivity index (χ0v) is 25.2. The van der Waals surface area contributed by atoms with Crippen LogP contribution < -0.4 is 10.1 Å². The Kier molecular flexibility index (Phi) is 19.9. The lowest BCUT2D eigenvalue weighted by atomic mass is 10.5. The van der Waals surface area contributed by atoms with E-state index in [4.69, 9.17) is 37.9 Å². The van der Waals surface area contributed by atoms with Crippen molar-refractivity contribution in [1.29, 1.82) is 0 Å². The van der Waals surface area contributed by atoms with Crippen LogP contribution in [0.15, 0.2) is 6.20 Å². The third kappa shape index (κ3) is 19.7. The zero-order chi connectivity index (χ0) is 29.5. The van der Waals surface area contributed by atoms with Gasteiger partial charge < -0.3 is 43.2 Å². The molecule has 0 radical (unpaired) electrons. The van der Waals surface area contributed by atoms with Crippen LogP contribution in [0.3, 0.4) is 0 Å². The maximum absolute atomic E-state index is 11.5. The molecule has 0 aliphatic heterocycles. The average molecular weight is 595 g/mol. The van der Waals surface area contributed by atoms with Gasteiger partial charge in [-0.3, -0.25) is 14.8 Å². The lowest BCUT2D eigenvalue weighted by molar-refractivity contribution is -0.385. The van der Waals surface area contributed by atoms with Crippen LogP contribution in [-0.4, -0.2) is 128 Å². The molecule has 0 unspecified atom stereocenters. The largest absolute Gasteiger partial charge is 0.475 e. The molecule has 0 atom stereocenters. The quantitative estimate of drug-likeness (QED) is 0.0719. The van der Waals surface area contributed by atoms with Crippen molar-refractivity contribution in [3.8, 4) is 5.88 Å². The molecule has 232 valence electrons. The number of rotatable bonds is 26. The maximum atomic E-state index is 11.5. The number of methoxy groups -OCH3 is 1. The summed E-state index contributed by atoms with van der Waals surface area (Å²) in [5, 5.41) is 17.5. The molecule has 1 rings (SSSR count). The molecule has 0 aromatic carbocycles. The summed E-state index contributed by atoms with van der Waals surface area (Å²) in [6.45, 7) is 13.0. The lowest BCUT2D eigenvalue weighted by Crippen LogP contribution is -2.30. The van der Waals surface area contributed by atoms with E-state index in [2.05, 4.69) is 30.1 Å². The second-order valence-electron chi connectivity index (χ2n) is 9.59. The third-order valence-electron chi connectivity index (χ3n) is 5.03. The van der Waals surface area contributed by atoms with Crippen molar-refractivity contribution in [1.82, 2.24) is 15.1 Å². The Labute approximate surface area is 236 Å². The van der Waals surface area contributed by atoms with Crippen molar-refractivity contribution >= 4 is 19.9 Å². The van der Waals surface area contributed by atoms with Crippen molar-refractivity contribution < 1.29 is 47.6 Å². The monoisotopic (exact) mass is 594 g/mol. The van der Waals surface area contributed by atoms with Gasteiger partial charge in [-0.15, -0.1) is 5.10 Å². The van der Waals surface area contributed by atoms with Gasteiger partial charge in [0.2, 0.25) is 0 Å². The number of amides is 1. The molecule has 0 spiro atoms. The van der Waals surface area contributed by atoms with Gasteiger partial charge in [-0.05, 0) is 6.04 Å². The summed E-state index contributed by atoms with van der Waals surface area (Å²) < 4.78 is 44.0. The highest BCUT2D eigenvalue weighted by Gasteiger charge is 2.19. The van der Waals surface area contributed by atoms with Crippen LogP contribution in [0.1, 0.15) is 0 Å². The Morgan fingerprint density at radius 3 is 1.75 bits per heavy atom. The number of hydrogen-bond donors (Lipinski definition) is 1. The van der Waals surface area contributed by atoms with Crippen LogP contribution in [0.4, 0.5) is 10.5 Å². The Hall–Kier alpha value is -2.34. The first-order valence-corrected chi connectivity index (χ1v) is 17.1. The number of nitrogens with one attached hydrogen (secondary N) is 1. The third-order valence-corrected chi connectivity index (χ3v) is 6.73. The number of carbonyl (C=O) groups is 1. The molecule has 1 aromatic rings. The highest BCUT2D eigenvalue weighted by atomic mass is 28.3. The summed E-state index contributed by atoms with van der Waals surface area (Å²) in [7, 11) is 0.136. The molecule has 15 nitrogen and oxygen atoms in total. The lowest BCUT2D eigenvalue weighted by Gasteiger charge is -2.15. The summed E-state index contributed by atoms with van der Waals surface area (Å²) in [5.74, 6) is -0.0249. The van der Waals surface area contributed by atoms with Gasteiger partial charge in [0.15, 0.2) is 0 Å². The second kappa shape index (κ2) is 22.4. The van der Waals surface area contributed by atoms with Gasteiger partial charge in [-0.2, -0.15) is 0 Å². The molecule has 1 amide bonds. The van der Waals surface area contributed by atoms with Gasteiger partial charge in [0.25, 0.3) is 0 Å². The molecule has 1 aromatic heterocycles. The van der Waals surface area contributed by atoms with Crippen LogP contribution >= 0.6 is 0 Å². The van der Waals surface area contributed by atoms with Gasteiger partial charge in [0, 0.05) is 14.6 Å². The fourth-order valence-electron chi connectivity index (χ4n) is 2.86. The molecule has 16 heteroatoms. The minimum Gasteiger partial charge on any atom is -0.475 e. The number of nitro groups is 1. The molecule has 1 N–H and O–H groups in total. The van der Waals surface area contributed by atoms with Gasteiger partial charge in [0.05, 0.1) is 104 Å². The first-order chi connectivity index (χ1) is 19.2. The Morgan fingerprint density at radius 2 is 1.32 bits per heavy atom. The predicted octanol–water partition coefficient (Wildman–Crippen LogP) is 1.96. The summed E-state index contributed by atoms with van der Waals surface area (Å²) in [6.07, 6.45) is 0.902. The van der Waals surface area contributed by atoms with E-state index in [1.54, 1.807) is 0 Å². The molecule has 0 saturated heterocycles. The Bertz CT molecular complexity index is 808. The first-order valence-electron chi connectivity index (χ1n) is 13.4. The number of ether oxygens (including phenoxy) is 8. The van der Waals surface area contributed by atoms with Crippen molar-refractivity contribution in [3.63, 3.8) is 0 Å². The second-order valence-corrected chi connectivity index (χ2v) is 15.2. The van der Waals surface area contributed by atoms with E-state index in [0.29, 0.717) is 99.0 Å². The van der Waals surface area contributed by atoms with Crippen LogP contribution in [0, 0.1) is 10.1 Å². The molecule has 0 bridgehead atoms.